The first-order chi connectivity index (χ1) is 9.58. The lowest BCUT2D eigenvalue weighted by atomic mass is 10.1. The summed E-state index contributed by atoms with van der Waals surface area (Å²) in [6, 6.07) is 8.94. The van der Waals surface area contributed by atoms with E-state index >= 15 is 0 Å². The normalized spacial score (nSPS) is 10.9. The van der Waals surface area contributed by atoms with Crippen molar-refractivity contribution in [2.24, 2.45) is 4.99 Å². The van der Waals surface area contributed by atoms with Gasteiger partial charge in [-0.3, -0.25) is 14.8 Å². The summed E-state index contributed by atoms with van der Waals surface area (Å²) in [6.45, 7) is 3.72. The molecule has 0 saturated heterocycles. The molecule has 20 heavy (non-hydrogen) atoms. The quantitative estimate of drug-likeness (QED) is 0.685. The van der Waals surface area contributed by atoms with E-state index in [1.807, 2.05) is 26.0 Å². The Bertz CT molecular complexity index is 646. The summed E-state index contributed by atoms with van der Waals surface area (Å²) in [5, 5.41) is 9.82. The first-order valence-corrected chi connectivity index (χ1v) is 6.32. The monoisotopic (exact) mass is 268 g/mol. The molecule has 4 heteroatoms. The Hall–Kier alpha value is -2.49. The third-order valence-corrected chi connectivity index (χ3v) is 2.97. The van der Waals surface area contributed by atoms with Crippen LogP contribution in [0.2, 0.25) is 0 Å². The van der Waals surface area contributed by atoms with Gasteiger partial charge in [-0.2, -0.15) is 0 Å². The van der Waals surface area contributed by atoms with Crippen LogP contribution in [0.4, 0.5) is 0 Å². The van der Waals surface area contributed by atoms with Crippen LogP contribution in [-0.4, -0.2) is 28.6 Å². The van der Waals surface area contributed by atoms with Gasteiger partial charge in [0.15, 0.2) is 5.78 Å². The van der Waals surface area contributed by atoms with E-state index in [-0.39, 0.29) is 18.1 Å². The van der Waals surface area contributed by atoms with Crippen molar-refractivity contribution >= 4 is 12.0 Å². The van der Waals surface area contributed by atoms with Gasteiger partial charge in [0.25, 0.3) is 0 Å². The Morgan fingerprint density at radius 2 is 2.10 bits per heavy atom. The number of hydrogen-bond donors (Lipinski definition) is 1. The van der Waals surface area contributed by atoms with Gasteiger partial charge < -0.3 is 5.11 Å². The zero-order valence-electron chi connectivity index (χ0n) is 11.5. The summed E-state index contributed by atoms with van der Waals surface area (Å²) in [5.41, 5.74) is 2.80. The second-order valence-corrected chi connectivity index (χ2v) is 4.59. The third kappa shape index (κ3) is 3.29. The van der Waals surface area contributed by atoms with Crippen LogP contribution in [0.25, 0.3) is 0 Å². The maximum Gasteiger partial charge on any atom is 0.185 e. The molecule has 0 unspecified atom stereocenters. The molecule has 0 spiro atoms. The molecule has 102 valence electrons. The van der Waals surface area contributed by atoms with Gasteiger partial charge in [-0.05, 0) is 37.6 Å². The van der Waals surface area contributed by atoms with Gasteiger partial charge in [0.2, 0.25) is 0 Å². The maximum absolute atomic E-state index is 11.9. The lowest BCUT2D eigenvalue weighted by Crippen LogP contribution is -2.04. The molecule has 0 fully saturated rings. The van der Waals surface area contributed by atoms with Crippen LogP contribution in [0.1, 0.15) is 27.2 Å². The van der Waals surface area contributed by atoms with Crippen LogP contribution >= 0.6 is 0 Å². The number of aryl methyl sites for hydroxylation is 2. The molecule has 0 aliphatic carbocycles. The fourth-order valence-corrected chi connectivity index (χ4v) is 1.74. The predicted octanol–water partition coefficient (Wildman–Crippen LogP) is 2.71. The number of aliphatic imine (C=N–C) groups is 1. The summed E-state index contributed by atoms with van der Waals surface area (Å²) < 4.78 is 0. The van der Waals surface area contributed by atoms with E-state index in [9.17, 15) is 9.90 Å². The largest absolute Gasteiger partial charge is 0.507 e. The number of phenols is 1. The Balaban J connectivity index is 2.04. The van der Waals surface area contributed by atoms with Crippen LogP contribution < -0.4 is 0 Å². The molecular formula is C16H16N2O2. The number of ketones is 1. The molecule has 1 N–H and O–H groups in total. The number of para-hydroxylation sites is 1. The van der Waals surface area contributed by atoms with Gasteiger partial charge >= 0.3 is 0 Å². The number of phenolic OH excluding ortho intramolecular Hbond substituents is 1. The number of rotatable bonds is 4. The number of aromatic hydroxyl groups is 1. The minimum absolute atomic E-state index is 0.0398. The van der Waals surface area contributed by atoms with Crippen molar-refractivity contribution in [2.45, 2.75) is 13.8 Å². The van der Waals surface area contributed by atoms with E-state index in [4.69, 9.17) is 0 Å². The highest BCUT2D eigenvalue weighted by Crippen LogP contribution is 2.19. The summed E-state index contributed by atoms with van der Waals surface area (Å²) in [6.07, 6.45) is 3.07. The lowest BCUT2D eigenvalue weighted by molar-refractivity contribution is 0.100. The second-order valence-electron chi connectivity index (χ2n) is 4.59. The van der Waals surface area contributed by atoms with E-state index < -0.39 is 0 Å². The van der Waals surface area contributed by atoms with Gasteiger partial charge in [0.1, 0.15) is 12.3 Å². The Labute approximate surface area is 117 Å². The molecule has 1 heterocycles. The highest BCUT2D eigenvalue weighted by molar-refractivity contribution is 5.98. The lowest BCUT2D eigenvalue weighted by Gasteiger charge is -2.01. The summed E-state index contributed by atoms with van der Waals surface area (Å²) in [7, 11) is 0. The molecule has 1 aromatic heterocycles. The van der Waals surface area contributed by atoms with Crippen molar-refractivity contribution < 1.29 is 9.90 Å². The molecule has 2 rings (SSSR count). The first-order valence-electron chi connectivity index (χ1n) is 6.32. The molecule has 0 aliphatic heterocycles. The molecule has 0 atom stereocenters. The number of benzene rings is 1. The number of hydrogen-bond acceptors (Lipinski definition) is 4. The minimum Gasteiger partial charge on any atom is -0.507 e. The highest BCUT2D eigenvalue weighted by Gasteiger charge is 2.05. The van der Waals surface area contributed by atoms with Crippen molar-refractivity contribution in [1.82, 2.24) is 4.98 Å². The summed E-state index contributed by atoms with van der Waals surface area (Å²) in [5.74, 6) is 0.0987. The standard InChI is InChI=1S/C16H16N2O2/c1-11-4-3-5-14(16(11)20)8-17-10-15(19)13-7-6-12(2)18-9-13/h3-9,20H,10H2,1-2H3. The topological polar surface area (TPSA) is 62.5 Å². The number of carbonyl (C=O) groups excluding carboxylic acids is 1. The average molecular weight is 268 g/mol. The first kappa shape index (κ1) is 13.9. The van der Waals surface area contributed by atoms with Crippen LogP contribution in [0.3, 0.4) is 0 Å². The number of Topliss-reactive ketones (excluding diaryl/α,β-unsaturated/α-hetero) is 1. The Kier molecular flexibility index (Phi) is 4.25. The van der Waals surface area contributed by atoms with E-state index in [0.29, 0.717) is 11.1 Å². The molecular weight excluding hydrogens is 252 g/mol. The summed E-state index contributed by atoms with van der Waals surface area (Å²) >= 11 is 0. The van der Waals surface area contributed by atoms with Crippen molar-refractivity contribution in [1.29, 1.82) is 0 Å². The Morgan fingerprint density at radius 1 is 1.30 bits per heavy atom. The zero-order chi connectivity index (χ0) is 14.5. The number of aromatic nitrogens is 1. The fourth-order valence-electron chi connectivity index (χ4n) is 1.74. The number of pyridine rings is 1. The summed E-state index contributed by atoms with van der Waals surface area (Å²) in [4.78, 5) is 20.0. The molecule has 0 radical (unpaired) electrons. The van der Waals surface area contributed by atoms with Crippen molar-refractivity contribution in [3.05, 3.63) is 58.9 Å². The van der Waals surface area contributed by atoms with Crippen molar-refractivity contribution in [3.8, 4) is 5.75 Å². The molecule has 0 amide bonds. The van der Waals surface area contributed by atoms with E-state index in [2.05, 4.69) is 9.98 Å². The second kappa shape index (κ2) is 6.10. The molecule has 1 aromatic carbocycles. The van der Waals surface area contributed by atoms with Gasteiger partial charge in [-0.1, -0.05) is 12.1 Å². The number of nitrogens with zero attached hydrogens (tertiary/aromatic N) is 2. The van der Waals surface area contributed by atoms with Gasteiger partial charge in [0, 0.05) is 29.2 Å². The van der Waals surface area contributed by atoms with Crippen LogP contribution in [0.15, 0.2) is 41.5 Å². The predicted molar refractivity (Wildman–Crippen MR) is 78.6 cm³/mol. The third-order valence-electron chi connectivity index (χ3n) is 2.97. The fraction of sp³-hybridized carbons (Fsp3) is 0.188. The van der Waals surface area contributed by atoms with Crippen molar-refractivity contribution in [3.63, 3.8) is 0 Å². The molecule has 4 nitrogen and oxygen atoms in total. The van der Waals surface area contributed by atoms with Gasteiger partial charge in [0.05, 0.1) is 0 Å². The van der Waals surface area contributed by atoms with Crippen LogP contribution in [0.5, 0.6) is 5.75 Å². The highest BCUT2D eigenvalue weighted by atomic mass is 16.3. The number of carbonyl (C=O) groups is 1. The molecule has 2 aromatic rings. The van der Waals surface area contributed by atoms with Gasteiger partial charge in [-0.25, -0.2) is 0 Å². The zero-order valence-corrected chi connectivity index (χ0v) is 11.5. The smallest absolute Gasteiger partial charge is 0.185 e. The SMILES string of the molecule is Cc1ccc(C(=O)CN=Cc2cccc(C)c2O)cn1. The van der Waals surface area contributed by atoms with Gasteiger partial charge in [-0.15, -0.1) is 0 Å². The van der Waals surface area contributed by atoms with Crippen LogP contribution in [0, 0.1) is 13.8 Å². The molecule has 0 bridgehead atoms. The van der Waals surface area contributed by atoms with E-state index in [1.165, 1.54) is 6.21 Å². The molecule has 0 aliphatic rings. The van der Waals surface area contributed by atoms with Crippen molar-refractivity contribution in [2.75, 3.05) is 6.54 Å². The van der Waals surface area contributed by atoms with E-state index in [1.54, 1.807) is 24.4 Å². The maximum atomic E-state index is 11.9. The minimum atomic E-state index is -0.0964. The van der Waals surface area contributed by atoms with E-state index in [0.717, 1.165) is 11.3 Å². The van der Waals surface area contributed by atoms with Crippen LogP contribution in [-0.2, 0) is 0 Å². The average Bonchev–Trinajstić information content (AvgIpc) is 2.44. The molecule has 0 saturated carbocycles. The Morgan fingerprint density at radius 3 is 2.80 bits per heavy atom.